The molecular formula is C17H33O3PS2. The Kier molecular flexibility index (Phi) is 14.8. The second kappa shape index (κ2) is 14.6. The van der Waals surface area contributed by atoms with Crippen LogP contribution in [0.4, 0.5) is 0 Å². The number of aliphatic carboxylic acids is 1. The van der Waals surface area contributed by atoms with E-state index < -0.39 is 5.97 Å². The first-order valence-corrected chi connectivity index (χ1v) is 11.6. The van der Waals surface area contributed by atoms with E-state index in [1.54, 1.807) is 0 Å². The smallest absolute Gasteiger partial charge is 0.303 e. The molecule has 1 aliphatic heterocycles. The summed E-state index contributed by atoms with van der Waals surface area (Å²) in [7, 11) is 6.14. The SMILES string of the molecule is CC1(CCCCC(=O)O)CCSS1.CCCCCCCC(=O)P. The lowest BCUT2D eigenvalue weighted by Gasteiger charge is -2.20. The normalized spacial score (nSPS) is 20.0. The van der Waals surface area contributed by atoms with Gasteiger partial charge >= 0.3 is 5.97 Å². The van der Waals surface area contributed by atoms with E-state index in [0.717, 1.165) is 32.1 Å². The first-order valence-electron chi connectivity index (χ1n) is 8.70. The van der Waals surface area contributed by atoms with Crippen molar-refractivity contribution in [3.05, 3.63) is 0 Å². The van der Waals surface area contributed by atoms with E-state index >= 15 is 0 Å². The molecule has 0 amide bonds. The van der Waals surface area contributed by atoms with Gasteiger partial charge in [-0.25, -0.2) is 0 Å². The molecule has 1 aliphatic rings. The van der Waals surface area contributed by atoms with Gasteiger partial charge in [-0.15, -0.1) is 0 Å². The highest BCUT2D eigenvalue weighted by molar-refractivity contribution is 8.77. The molecular weight excluding hydrogens is 347 g/mol. The van der Waals surface area contributed by atoms with Gasteiger partial charge in [-0.1, -0.05) is 69.9 Å². The van der Waals surface area contributed by atoms with Crippen LogP contribution in [0.3, 0.4) is 0 Å². The van der Waals surface area contributed by atoms with Crippen LogP contribution >= 0.6 is 30.8 Å². The summed E-state index contributed by atoms with van der Waals surface area (Å²) < 4.78 is 0.420. The highest BCUT2D eigenvalue weighted by atomic mass is 33.1. The van der Waals surface area contributed by atoms with E-state index in [2.05, 4.69) is 23.1 Å². The van der Waals surface area contributed by atoms with Crippen molar-refractivity contribution in [2.45, 2.75) is 89.2 Å². The van der Waals surface area contributed by atoms with Gasteiger partial charge in [-0.05, 0) is 32.6 Å². The lowest BCUT2D eigenvalue weighted by Crippen LogP contribution is -2.15. The summed E-state index contributed by atoms with van der Waals surface area (Å²) in [6, 6.07) is 0. The maximum absolute atomic E-state index is 10.4. The van der Waals surface area contributed by atoms with E-state index in [1.165, 1.54) is 37.9 Å². The highest BCUT2D eigenvalue weighted by Gasteiger charge is 2.29. The number of unbranched alkanes of at least 4 members (excludes halogenated alkanes) is 5. The molecule has 6 heteroatoms. The molecule has 0 saturated carbocycles. The summed E-state index contributed by atoms with van der Waals surface area (Å²) in [4.78, 5) is 20.7. The Labute approximate surface area is 152 Å². The fourth-order valence-corrected chi connectivity index (χ4v) is 5.83. The van der Waals surface area contributed by atoms with Crippen LogP contribution in [-0.2, 0) is 9.59 Å². The van der Waals surface area contributed by atoms with E-state index in [1.807, 2.05) is 21.6 Å². The standard InChI is InChI=1S/C9H16O2S2.C8H17OP/c1-9(6-7-12-13-9)5-3-2-4-8(10)11;1-2-3-4-5-6-7-8(9)10/h2-7H2,1H3,(H,10,11);2-7,10H2,1H3. The molecule has 1 fully saturated rings. The zero-order valence-electron chi connectivity index (χ0n) is 14.6. The molecule has 23 heavy (non-hydrogen) atoms. The fraction of sp³-hybridized carbons (Fsp3) is 0.882. The zero-order valence-corrected chi connectivity index (χ0v) is 17.4. The van der Waals surface area contributed by atoms with E-state index in [9.17, 15) is 9.59 Å². The van der Waals surface area contributed by atoms with E-state index in [4.69, 9.17) is 5.11 Å². The van der Waals surface area contributed by atoms with Gasteiger partial charge in [0.25, 0.3) is 0 Å². The molecule has 3 nitrogen and oxygen atoms in total. The van der Waals surface area contributed by atoms with Gasteiger partial charge in [0.15, 0.2) is 0 Å². The molecule has 2 unspecified atom stereocenters. The Balaban J connectivity index is 0.000000438. The molecule has 0 aromatic heterocycles. The average Bonchev–Trinajstić information content (AvgIpc) is 2.91. The zero-order chi connectivity index (χ0) is 17.6. The first kappa shape index (κ1) is 23.3. The van der Waals surface area contributed by atoms with Gasteiger partial charge < -0.3 is 5.11 Å². The molecule has 0 aromatic carbocycles. The number of carbonyl (C=O) groups is 2. The second-order valence-corrected chi connectivity index (χ2v) is 9.98. The predicted octanol–water partition coefficient (Wildman–Crippen LogP) is 5.92. The van der Waals surface area contributed by atoms with Gasteiger partial charge in [-0.3, -0.25) is 9.59 Å². The Morgan fingerprint density at radius 1 is 1.09 bits per heavy atom. The molecule has 0 aliphatic carbocycles. The molecule has 1 saturated heterocycles. The molecule has 0 radical (unpaired) electrons. The van der Waals surface area contributed by atoms with Crippen LogP contribution in [0.25, 0.3) is 0 Å². The second-order valence-electron chi connectivity index (χ2n) is 6.34. The van der Waals surface area contributed by atoms with Crippen LogP contribution in [0.15, 0.2) is 0 Å². The number of hydrogen-bond donors (Lipinski definition) is 1. The summed E-state index contributed by atoms with van der Waals surface area (Å²) in [5.41, 5.74) is 0.247. The van der Waals surface area contributed by atoms with Crippen LogP contribution in [-0.4, -0.2) is 27.1 Å². The molecule has 0 aromatic rings. The van der Waals surface area contributed by atoms with Crippen molar-refractivity contribution in [1.29, 1.82) is 0 Å². The van der Waals surface area contributed by atoms with E-state index in [0.29, 0.717) is 11.2 Å². The number of carbonyl (C=O) groups excluding carboxylic acids is 1. The minimum Gasteiger partial charge on any atom is -0.481 e. The summed E-state index contributed by atoms with van der Waals surface area (Å²) in [5.74, 6) is 0.582. The topological polar surface area (TPSA) is 54.4 Å². The lowest BCUT2D eigenvalue weighted by atomic mass is 9.99. The molecule has 0 bridgehead atoms. The van der Waals surface area contributed by atoms with Crippen molar-refractivity contribution in [2.24, 2.45) is 0 Å². The Hall–Kier alpha value is 0.270. The third-order valence-electron chi connectivity index (χ3n) is 3.85. The summed E-state index contributed by atoms with van der Waals surface area (Å²) in [5, 5.41) is 8.46. The van der Waals surface area contributed by atoms with Crippen LogP contribution in [0, 0.1) is 0 Å². The predicted molar refractivity (Wildman–Crippen MR) is 107 cm³/mol. The minimum absolute atomic E-state index is 0.247. The maximum atomic E-state index is 10.4. The molecule has 1 N–H and O–H groups in total. The summed E-state index contributed by atoms with van der Waals surface area (Å²) in [6.45, 7) is 4.49. The summed E-state index contributed by atoms with van der Waals surface area (Å²) in [6.07, 6.45) is 11.5. The van der Waals surface area contributed by atoms with Crippen LogP contribution < -0.4 is 0 Å². The lowest BCUT2D eigenvalue weighted by molar-refractivity contribution is -0.137. The van der Waals surface area contributed by atoms with Gasteiger partial charge in [0.05, 0.1) is 0 Å². The number of rotatable bonds is 11. The highest BCUT2D eigenvalue weighted by Crippen LogP contribution is 2.49. The Morgan fingerprint density at radius 3 is 2.26 bits per heavy atom. The van der Waals surface area contributed by atoms with Crippen LogP contribution in [0.1, 0.15) is 84.5 Å². The third-order valence-corrected chi connectivity index (χ3v) is 7.50. The Morgan fingerprint density at radius 2 is 1.74 bits per heavy atom. The molecule has 1 heterocycles. The molecule has 0 spiro atoms. The molecule has 2 atom stereocenters. The molecule has 136 valence electrons. The van der Waals surface area contributed by atoms with E-state index in [-0.39, 0.29) is 5.52 Å². The van der Waals surface area contributed by atoms with Crippen molar-refractivity contribution in [3.63, 3.8) is 0 Å². The van der Waals surface area contributed by atoms with Gasteiger partial charge in [0, 0.05) is 23.3 Å². The van der Waals surface area contributed by atoms with Crippen molar-refractivity contribution in [1.82, 2.24) is 0 Å². The van der Waals surface area contributed by atoms with Gasteiger partial charge in [0.1, 0.15) is 5.52 Å². The van der Waals surface area contributed by atoms with Crippen LogP contribution in [0.2, 0.25) is 0 Å². The quantitative estimate of drug-likeness (QED) is 0.274. The van der Waals surface area contributed by atoms with Gasteiger partial charge in [0.2, 0.25) is 0 Å². The molecule has 1 rings (SSSR count). The third kappa shape index (κ3) is 15.5. The monoisotopic (exact) mass is 380 g/mol. The van der Waals surface area contributed by atoms with Crippen molar-refractivity contribution in [3.8, 4) is 0 Å². The largest absolute Gasteiger partial charge is 0.481 e. The summed E-state index contributed by atoms with van der Waals surface area (Å²) >= 11 is 0. The Bertz CT molecular complexity index is 332. The van der Waals surface area contributed by atoms with Crippen molar-refractivity contribution >= 4 is 42.3 Å². The average molecular weight is 381 g/mol. The fourth-order valence-electron chi connectivity index (χ4n) is 2.33. The van der Waals surface area contributed by atoms with Crippen molar-refractivity contribution < 1.29 is 14.7 Å². The maximum Gasteiger partial charge on any atom is 0.303 e. The van der Waals surface area contributed by atoms with Gasteiger partial charge in [-0.2, -0.15) is 0 Å². The first-order chi connectivity index (χ1) is 10.9. The van der Waals surface area contributed by atoms with Crippen molar-refractivity contribution in [2.75, 3.05) is 5.75 Å². The number of carboxylic acid groups (broad SMARTS) is 1. The van der Waals surface area contributed by atoms with Crippen LogP contribution in [0.5, 0.6) is 0 Å². The minimum atomic E-state index is -0.668. The number of carboxylic acids is 1. The number of hydrogen-bond acceptors (Lipinski definition) is 4.